The lowest BCUT2D eigenvalue weighted by Gasteiger charge is -2.00. The van der Waals surface area contributed by atoms with Crippen LogP contribution in [0, 0.1) is 0 Å². The van der Waals surface area contributed by atoms with E-state index in [9.17, 15) is 0 Å². The smallest absolute Gasteiger partial charge is 0.248 e. The highest BCUT2D eigenvalue weighted by molar-refractivity contribution is 5.69. The Morgan fingerprint density at radius 1 is 0.941 bits per heavy atom. The first-order valence-electron chi connectivity index (χ1n) is 5.69. The second kappa shape index (κ2) is 4.37. The Morgan fingerprint density at radius 3 is 2.53 bits per heavy atom. The van der Waals surface area contributed by atoms with Gasteiger partial charge in [-0.2, -0.15) is 0 Å². The molecule has 0 saturated carbocycles. The van der Waals surface area contributed by atoms with Gasteiger partial charge in [-0.3, -0.25) is 0 Å². The lowest BCUT2D eigenvalue weighted by Crippen LogP contribution is -1.85. The summed E-state index contributed by atoms with van der Waals surface area (Å²) in [5.41, 5.74) is 1.97. The summed E-state index contributed by atoms with van der Waals surface area (Å²) in [4.78, 5) is 0. The fourth-order valence-corrected chi connectivity index (χ4v) is 1.81. The minimum absolute atomic E-state index is 0.570. The average molecular weight is 224 g/mol. The monoisotopic (exact) mass is 224 g/mol. The normalized spacial score (nSPS) is 14.7. The molecule has 0 spiro atoms. The molecular formula is C14H12N2O. The van der Waals surface area contributed by atoms with Crippen molar-refractivity contribution < 1.29 is 4.42 Å². The van der Waals surface area contributed by atoms with Gasteiger partial charge in [-0.05, 0) is 25.0 Å². The maximum absolute atomic E-state index is 5.67. The molecule has 3 rings (SSSR count). The van der Waals surface area contributed by atoms with Gasteiger partial charge in [0.2, 0.25) is 11.8 Å². The highest BCUT2D eigenvalue weighted by Crippen LogP contribution is 2.24. The van der Waals surface area contributed by atoms with Crippen LogP contribution in [0.1, 0.15) is 18.7 Å². The molecule has 1 aromatic carbocycles. The van der Waals surface area contributed by atoms with Gasteiger partial charge in [0, 0.05) is 11.1 Å². The highest BCUT2D eigenvalue weighted by atomic mass is 16.4. The molecule has 0 atom stereocenters. The number of benzene rings is 1. The molecule has 0 bridgehead atoms. The first kappa shape index (κ1) is 10.0. The van der Waals surface area contributed by atoms with Crippen molar-refractivity contribution in [2.24, 2.45) is 0 Å². The van der Waals surface area contributed by atoms with Gasteiger partial charge in [-0.1, -0.05) is 36.4 Å². The van der Waals surface area contributed by atoms with Crippen molar-refractivity contribution in [2.75, 3.05) is 0 Å². The Balaban J connectivity index is 1.93. The van der Waals surface area contributed by atoms with Gasteiger partial charge in [-0.25, -0.2) is 0 Å². The van der Waals surface area contributed by atoms with Crippen molar-refractivity contribution in [2.45, 2.75) is 12.8 Å². The summed E-state index contributed by atoms with van der Waals surface area (Å²) in [6, 6.07) is 9.80. The van der Waals surface area contributed by atoms with E-state index in [4.69, 9.17) is 4.42 Å². The number of hydrogen-bond donors (Lipinski definition) is 0. The minimum atomic E-state index is 0.570. The molecule has 0 unspecified atom stereocenters. The van der Waals surface area contributed by atoms with Crippen LogP contribution in [0.5, 0.6) is 0 Å². The van der Waals surface area contributed by atoms with Crippen LogP contribution in [0.15, 0.2) is 53.0 Å². The average Bonchev–Trinajstić information content (AvgIpc) is 2.90. The highest BCUT2D eigenvalue weighted by Gasteiger charge is 2.11. The maximum atomic E-state index is 5.67. The van der Waals surface area contributed by atoms with Crippen molar-refractivity contribution in [1.29, 1.82) is 0 Å². The fourth-order valence-electron chi connectivity index (χ4n) is 1.81. The molecule has 84 valence electrons. The number of allylic oxidation sites excluding steroid dienone is 4. The van der Waals surface area contributed by atoms with Gasteiger partial charge in [0.1, 0.15) is 0 Å². The van der Waals surface area contributed by atoms with E-state index >= 15 is 0 Å². The summed E-state index contributed by atoms with van der Waals surface area (Å²) in [7, 11) is 0. The van der Waals surface area contributed by atoms with Gasteiger partial charge >= 0.3 is 0 Å². The van der Waals surface area contributed by atoms with Crippen LogP contribution >= 0.6 is 0 Å². The summed E-state index contributed by atoms with van der Waals surface area (Å²) in [6.07, 6.45) is 8.41. The molecule has 1 aliphatic rings. The van der Waals surface area contributed by atoms with Gasteiger partial charge in [0.15, 0.2) is 0 Å². The van der Waals surface area contributed by atoms with Crippen LogP contribution in [0.25, 0.3) is 17.0 Å². The topological polar surface area (TPSA) is 38.9 Å². The van der Waals surface area contributed by atoms with Crippen molar-refractivity contribution in [3.63, 3.8) is 0 Å². The molecule has 0 aliphatic heterocycles. The van der Waals surface area contributed by atoms with Gasteiger partial charge in [0.05, 0.1) is 0 Å². The van der Waals surface area contributed by atoms with Gasteiger partial charge in [0.25, 0.3) is 0 Å². The molecule has 3 nitrogen and oxygen atoms in total. The van der Waals surface area contributed by atoms with Crippen LogP contribution in [-0.4, -0.2) is 10.2 Å². The molecule has 2 aromatic rings. The lowest BCUT2D eigenvalue weighted by molar-refractivity contribution is 0.554. The standard InChI is InChI=1S/C14H12N2O/c1-3-7-11(8-4-1)13-15-16-14(17-13)12-9-5-2-6-10-12/h1,3-5,7-10H,2,6H2. The molecule has 0 amide bonds. The van der Waals surface area contributed by atoms with Crippen LogP contribution < -0.4 is 0 Å². The summed E-state index contributed by atoms with van der Waals surface area (Å²) in [6.45, 7) is 0. The molecular weight excluding hydrogens is 212 g/mol. The fraction of sp³-hybridized carbons (Fsp3) is 0.143. The molecule has 0 radical (unpaired) electrons. The molecule has 0 saturated heterocycles. The number of aromatic nitrogens is 2. The zero-order valence-electron chi connectivity index (χ0n) is 9.34. The Kier molecular flexibility index (Phi) is 2.58. The Hall–Kier alpha value is -2.16. The van der Waals surface area contributed by atoms with E-state index in [1.54, 1.807) is 0 Å². The molecule has 1 aromatic heterocycles. The van der Waals surface area contributed by atoms with E-state index in [1.165, 1.54) is 0 Å². The predicted molar refractivity (Wildman–Crippen MR) is 66.1 cm³/mol. The summed E-state index contributed by atoms with van der Waals surface area (Å²) in [5, 5.41) is 8.15. The quantitative estimate of drug-likeness (QED) is 0.784. The Bertz CT molecular complexity index is 567. The second-order valence-corrected chi connectivity index (χ2v) is 3.92. The van der Waals surface area contributed by atoms with Crippen molar-refractivity contribution in [3.05, 3.63) is 54.5 Å². The number of rotatable bonds is 2. The van der Waals surface area contributed by atoms with E-state index in [-0.39, 0.29) is 0 Å². The summed E-state index contributed by atoms with van der Waals surface area (Å²) < 4.78 is 5.67. The first-order chi connectivity index (χ1) is 8.43. The number of hydrogen-bond acceptors (Lipinski definition) is 3. The molecule has 0 N–H and O–H groups in total. The third-order valence-corrected chi connectivity index (χ3v) is 2.69. The van der Waals surface area contributed by atoms with E-state index < -0.39 is 0 Å². The summed E-state index contributed by atoms with van der Waals surface area (Å²) >= 11 is 0. The van der Waals surface area contributed by atoms with Crippen LogP contribution in [0.3, 0.4) is 0 Å². The lowest BCUT2D eigenvalue weighted by atomic mass is 10.1. The van der Waals surface area contributed by atoms with E-state index in [1.807, 2.05) is 36.4 Å². The van der Waals surface area contributed by atoms with Crippen molar-refractivity contribution in [1.82, 2.24) is 10.2 Å². The van der Waals surface area contributed by atoms with E-state index in [2.05, 4.69) is 22.3 Å². The van der Waals surface area contributed by atoms with E-state index in [0.29, 0.717) is 11.8 Å². The van der Waals surface area contributed by atoms with Crippen molar-refractivity contribution in [3.8, 4) is 11.5 Å². The van der Waals surface area contributed by atoms with Gasteiger partial charge in [-0.15, -0.1) is 10.2 Å². The number of nitrogens with zero attached hydrogens (tertiary/aromatic N) is 2. The zero-order chi connectivity index (χ0) is 11.5. The molecule has 17 heavy (non-hydrogen) atoms. The van der Waals surface area contributed by atoms with Crippen LogP contribution in [0.4, 0.5) is 0 Å². The van der Waals surface area contributed by atoms with E-state index in [0.717, 1.165) is 24.0 Å². The third-order valence-electron chi connectivity index (χ3n) is 2.69. The molecule has 0 fully saturated rings. The first-order valence-corrected chi connectivity index (χ1v) is 5.69. The Labute approximate surface area is 99.5 Å². The zero-order valence-corrected chi connectivity index (χ0v) is 9.34. The predicted octanol–water partition coefficient (Wildman–Crippen LogP) is 3.47. The second-order valence-electron chi connectivity index (χ2n) is 3.92. The SMILES string of the molecule is C1=CC(c2nnc(-c3ccccc3)o2)=CCC1. The van der Waals surface area contributed by atoms with Crippen molar-refractivity contribution >= 4 is 5.57 Å². The third kappa shape index (κ3) is 2.04. The van der Waals surface area contributed by atoms with Crippen LogP contribution in [-0.2, 0) is 0 Å². The minimum Gasteiger partial charge on any atom is -0.416 e. The molecule has 1 heterocycles. The maximum Gasteiger partial charge on any atom is 0.248 e. The van der Waals surface area contributed by atoms with Crippen LogP contribution in [0.2, 0.25) is 0 Å². The molecule has 1 aliphatic carbocycles. The Morgan fingerprint density at radius 2 is 1.76 bits per heavy atom. The van der Waals surface area contributed by atoms with Gasteiger partial charge < -0.3 is 4.42 Å². The summed E-state index contributed by atoms with van der Waals surface area (Å²) in [5.74, 6) is 1.17. The molecule has 3 heteroatoms. The largest absolute Gasteiger partial charge is 0.416 e.